The van der Waals surface area contributed by atoms with Gasteiger partial charge in [-0.05, 0) is 50.7 Å². The Kier molecular flexibility index (Phi) is 5.49. The molecule has 31 heavy (non-hydrogen) atoms. The third-order valence-corrected chi connectivity index (χ3v) is 7.86. The van der Waals surface area contributed by atoms with E-state index in [1.165, 1.54) is 12.0 Å². The van der Waals surface area contributed by atoms with Crippen LogP contribution in [0.1, 0.15) is 70.3 Å². The molecule has 0 aromatic heterocycles. The Morgan fingerprint density at radius 3 is 2.48 bits per heavy atom. The molecule has 2 heterocycles. The summed E-state index contributed by atoms with van der Waals surface area (Å²) in [5.41, 5.74) is 2.15. The third-order valence-electron chi connectivity index (χ3n) is 7.86. The number of benzene rings is 1. The lowest BCUT2D eigenvalue weighted by molar-refractivity contribution is -0.144. The van der Waals surface area contributed by atoms with Crippen LogP contribution in [0.3, 0.4) is 0 Å². The molecule has 3 atom stereocenters. The van der Waals surface area contributed by atoms with E-state index in [-0.39, 0.29) is 48.4 Å². The van der Waals surface area contributed by atoms with E-state index in [2.05, 4.69) is 13.0 Å². The summed E-state index contributed by atoms with van der Waals surface area (Å²) in [7, 11) is 0. The summed E-state index contributed by atoms with van der Waals surface area (Å²) in [5.74, 6) is -0.164. The van der Waals surface area contributed by atoms with Crippen LogP contribution in [0.5, 0.6) is 0 Å². The number of urea groups is 1. The predicted octanol–water partition coefficient (Wildman–Crippen LogP) is 4.12. The molecule has 166 valence electrons. The number of carbonyl (C=O) groups is 3. The Labute approximate surface area is 184 Å². The van der Waals surface area contributed by atoms with Crippen LogP contribution in [-0.4, -0.2) is 52.3 Å². The van der Waals surface area contributed by atoms with Crippen LogP contribution < -0.4 is 4.90 Å². The van der Waals surface area contributed by atoms with Crippen molar-refractivity contribution in [1.82, 2.24) is 9.80 Å². The van der Waals surface area contributed by atoms with E-state index in [9.17, 15) is 14.4 Å². The van der Waals surface area contributed by atoms with Crippen LogP contribution in [0.25, 0.3) is 0 Å². The Bertz CT molecular complexity index is 879. The van der Waals surface area contributed by atoms with Crippen LogP contribution in [0, 0.1) is 5.92 Å². The minimum absolute atomic E-state index is 0.000616. The fourth-order valence-corrected chi connectivity index (χ4v) is 6.35. The maximum absolute atomic E-state index is 13.6. The van der Waals surface area contributed by atoms with Gasteiger partial charge in [-0.25, -0.2) is 4.79 Å². The molecule has 4 aliphatic rings. The van der Waals surface area contributed by atoms with Gasteiger partial charge in [0.05, 0.1) is 5.92 Å². The highest BCUT2D eigenvalue weighted by molar-refractivity contribution is 6.03. The van der Waals surface area contributed by atoms with Gasteiger partial charge in [-0.15, -0.1) is 0 Å². The van der Waals surface area contributed by atoms with Crippen molar-refractivity contribution in [2.45, 2.75) is 89.3 Å². The molecule has 3 unspecified atom stereocenters. The highest BCUT2D eigenvalue weighted by Gasteiger charge is 2.50. The van der Waals surface area contributed by atoms with E-state index in [1.54, 1.807) is 9.80 Å². The van der Waals surface area contributed by atoms with E-state index < -0.39 is 0 Å². The minimum atomic E-state index is -0.228. The smallest absolute Gasteiger partial charge is 0.311 e. The van der Waals surface area contributed by atoms with Gasteiger partial charge in [-0.2, -0.15) is 0 Å². The first-order valence-corrected chi connectivity index (χ1v) is 12.1. The lowest BCUT2D eigenvalue weighted by Crippen LogP contribution is -2.66. The topological polar surface area (TPSA) is 60.9 Å². The van der Waals surface area contributed by atoms with Crippen molar-refractivity contribution in [3.8, 4) is 0 Å². The van der Waals surface area contributed by atoms with E-state index in [0.717, 1.165) is 63.5 Å². The van der Waals surface area contributed by atoms with Crippen molar-refractivity contribution < 1.29 is 14.4 Å². The van der Waals surface area contributed by atoms with Gasteiger partial charge >= 0.3 is 6.03 Å². The summed E-state index contributed by atoms with van der Waals surface area (Å²) in [5, 5.41) is 0. The SMILES string of the molecule is CC1Cc2ccccc2N1C(=O)CN1C(=O)N(C2CCCCC2)C(=O)C2CCCCC21. The molecule has 2 aliphatic heterocycles. The Morgan fingerprint density at radius 2 is 1.68 bits per heavy atom. The number of hydrogen-bond donors (Lipinski definition) is 0. The van der Waals surface area contributed by atoms with Crippen LogP contribution >= 0.6 is 0 Å². The minimum Gasteiger partial charge on any atom is -0.311 e. The average molecular weight is 424 g/mol. The molecule has 1 saturated heterocycles. The summed E-state index contributed by atoms with van der Waals surface area (Å²) in [6, 6.07) is 7.77. The van der Waals surface area contributed by atoms with Crippen LogP contribution in [0.15, 0.2) is 24.3 Å². The normalized spacial score (nSPS) is 29.2. The molecule has 2 aliphatic carbocycles. The predicted molar refractivity (Wildman–Crippen MR) is 119 cm³/mol. The Balaban J connectivity index is 1.41. The van der Waals surface area contributed by atoms with Gasteiger partial charge in [0, 0.05) is 23.8 Å². The number of imide groups is 1. The summed E-state index contributed by atoms with van der Waals surface area (Å²) in [6.07, 6.45) is 9.63. The molecule has 4 amide bonds. The molecule has 1 aromatic carbocycles. The molecule has 0 radical (unpaired) electrons. The van der Waals surface area contributed by atoms with Crippen molar-refractivity contribution >= 4 is 23.5 Å². The van der Waals surface area contributed by atoms with Crippen molar-refractivity contribution in [3.63, 3.8) is 0 Å². The fraction of sp³-hybridized carbons (Fsp3) is 0.640. The lowest BCUT2D eigenvalue weighted by Gasteiger charge is -2.49. The molecule has 2 saturated carbocycles. The summed E-state index contributed by atoms with van der Waals surface area (Å²) in [4.78, 5) is 45.7. The quantitative estimate of drug-likeness (QED) is 0.735. The van der Waals surface area contributed by atoms with Gasteiger partial charge in [-0.3, -0.25) is 14.5 Å². The first kappa shape index (κ1) is 20.5. The largest absolute Gasteiger partial charge is 0.327 e. The second-order valence-corrected chi connectivity index (χ2v) is 9.81. The number of hydrogen-bond acceptors (Lipinski definition) is 3. The van der Waals surface area contributed by atoms with Crippen LogP contribution in [0.4, 0.5) is 10.5 Å². The van der Waals surface area contributed by atoms with E-state index in [4.69, 9.17) is 0 Å². The Morgan fingerprint density at radius 1 is 0.968 bits per heavy atom. The van der Waals surface area contributed by atoms with Crippen LogP contribution in [0.2, 0.25) is 0 Å². The third kappa shape index (κ3) is 3.54. The van der Waals surface area contributed by atoms with E-state index in [0.29, 0.717) is 0 Å². The van der Waals surface area contributed by atoms with Crippen molar-refractivity contribution in [2.75, 3.05) is 11.4 Å². The van der Waals surface area contributed by atoms with Crippen LogP contribution in [-0.2, 0) is 16.0 Å². The fourth-order valence-electron chi connectivity index (χ4n) is 6.35. The van der Waals surface area contributed by atoms with Gasteiger partial charge in [0.2, 0.25) is 11.8 Å². The maximum Gasteiger partial charge on any atom is 0.327 e. The number of anilines is 1. The van der Waals surface area contributed by atoms with Crippen molar-refractivity contribution in [3.05, 3.63) is 29.8 Å². The Hall–Kier alpha value is -2.37. The standard InChI is InChI=1S/C25H33N3O3/c1-17-15-18-9-5-7-13-21(18)27(17)23(29)16-26-22-14-8-6-12-20(22)24(30)28(25(26)31)19-10-3-2-4-11-19/h5,7,9,13,17,19-20,22H,2-4,6,8,10-12,14-16H2,1H3. The number of para-hydroxylation sites is 1. The van der Waals surface area contributed by atoms with Gasteiger partial charge in [0.25, 0.3) is 0 Å². The number of carbonyl (C=O) groups excluding carboxylic acids is 3. The molecular weight excluding hydrogens is 390 g/mol. The van der Waals surface area contributed by atoms with Crippen molar-refractivity contribution in [1.29, 1.82) is 0 Å². The van der Waals surface area contributed by atoms with Crippen molar-refractivity contribution in [2.24, 2.45) is 5.92 Å². The van der Waals surface area contributed by atoms with Gasteiger partial charge in [0.15, 0.2) is 0 Å². The molecule has 0 bridgehead atoms. The summed E-state index contributed by atoms with van der Waals surface area (Å²) >= 11 is 0. The van der Waals surface area contributed by atoms with E-state index >= 15 is 0 Å². The second kappa shape index (κ2) is 8.29. The molecule has 6 nitrogen and oxygen atoms in total. The monoisotopic (exact) mass is 423 g/mol. The van der Waals surface area contributed by atoms with E-state index in [1.807, 2.05) is 23.1 Å². The zero-order valence-corrected chi connectivity index (χ0v) is 18.5. The van der Waals surface area contributed by atoms with Gasteiger partial charge in [0.1, 0.15) is 6.54 Å². The molecule has 3 fully saturated rings. The molecule has 0 spiro atoms. The average Bonchev–Trinajstić information content (AvgIpc) is 3.13. The zero-order valence-electron chi connectivity index (χ0n) is 18.5. The highest BCUT2D eigenvalue weighted by Crippen LogP contribution is 2.38. The maximum atomic E-state index is 13.6. The lowest BCUT2D eigenvalue weighted by atomic mass is 9.80. The molecule has 0 N–H and O–H groups in total. The molecule has 6 heteroatoms. The molecule has 5 rings (SSSR count). The highest BCUT2D eigenvalue weighted by atomic mass is 16.2. The summed E-state index contributed by atoms with van der Waals surface area (Å²) < 4.78 is 0. The van der Waals surface area contributed by atoms with Gasteiger partial charge in [-0.1, -0.05) is 50.3 Å². The second-order valence-electron chi connectivity index (χ2n) is 9.81. The zero-order chi connectivity index (χ0) is 21.5. The molecule has 1 aromatic rings. The number of nitrogens with zero attached hydrogens (tertiary/aromatic N) is 3. The number of amides is 4. The number of rotatable bonds is 3. The summed E-state index contributed by atoms with van der Waals surface area (Å²) in [6.45, 7) is 2.13. The first-order chi connectivity index (χ1) is 15.1. The number of fused-ring (bicyclic) bond motifs is 2. The first-order valence-electron chi connectivity index (χ1n) is 12.1. The molecular formula is C25H33N3O3. The van der Waals surface area contributed by atoms with Gasteiger partial charge < -0.3 is 9.80 Å².